The number of para-hydroxylation sites is 1. The molecule has 1 rings (SSSR count). The summed E-state index contributed by atoms with van der Waals surface area (Å²) in [5.74, 6) is 0.882. The second-order valence-electron chi connectivity index (χ2n) is 7.68. The third kappa shape index (κ3) is 11.0. The van der Waals surface area contributed by atoms with Crippen molar-refractivity contribution in [3.8, 4) is 5.75 Å². The van der Waals surface area contributed by atoms with Crippen LogP contribution in [0.3, 0.4) is 0 Å². The molecule has 0 aliphatic heterocycles. The van der Waals surface area contributed by atoms with Gasteiger partial charge >= 0.3 is 8.80 Å². The zero-order valence-electron chi connectivity index (χ0n) is 19.2. The van der Waals surface area contributed by atoms with Gasteiger partial charge in [-0.05, 0) is 38.3 Å². The molecule has 4 heteroatoms. The second-order valence-corrected chi connectivity index (χ2v) is 10.3. The van der Waals surface area contributed by atoms with Gasteiger partial charge in [-0.1, -0.05) is 89.0 Å². The topological polar surface area (TPSA) is 27.7 Å². The quantitative estimate of drug-likeness (QED) is 0.130. The third-order valence-corrected chi connectivity index (χ3v) is 8.12. The zero-order chi connectivity index (χ0) is 21.2. The molecule has 166 valence electrons. The van der Waals surface area contributed by atoms with E-state index in [1.807, 2.05) is 38.1 Å². The molecule has 0 fully saturated rings. The van der Waals surface area contributed by atoms with Crippen molar-refractivity contribution >= 4 is 8.80 Å². The molecule has 0 unspecified atom stereocenters. The fourth-order valence-electron chi connectivity index (χ4n) is 3.66. The molecular weight excluding hydrogens is 376 g/mol. The van der Waals surface area contributed by atoms with E-state index in [9.17, 15) is 0 Å². The van der Waals surface area contributed by atoms with Crippen LogP contribution in [0.1, 0.15) is 90.5 Å². The van der Waals surface area contributed by atoms with E-state index < -0.39 is 8.80 Å². The Hall–Kier alpha value is -1.10. The first-order valence-corrected chi connectivity index (χ1v) is 13.8. The van der Waals surface area contributed by atoms with Crippen molar-refractivity contribution in [2.45, 2.75) is 97.4 Å². The first kappa shape index (κ1) is 25.9. The van der Waals surface area contributed by atoms with Crippen molar-refractivity contribution in [1.82, 2.24) is 0 Å². The van der Waals surface area contributed by atoms with Crippen molar-refractivity contribution < 1.29 is 13.3 Å². The molecule has 0 aliphatic rings. The average molecular weight is 421 g/mol. The molecule has 0 radical (unpaired) electrons. The van der Waals surface area contributed by atoms with Gasteiger partial charge in [0.05, 0.1) is 0 Å². The van der Waals surface area contributed by atoms with E-state index in [2.05, 4.69) is 19.6 Å². The summed E-state index contributed by atoms with van der Waals surface area (Å²) in [6.07, 6.45) is 15.9. The SMILES string of the molecule is C=CCc1ccccc1O[Si](CCCCCCCCCCCC)(OCC)OCC. The van der Waals surface area contributed by atoms with Crippen LogP contribution in [0.4, 0.5) is 0 Å². The van der Waals surface area contributed by atoms with Crippen molar-refractivity contribution in [3.05, 3.63) is 42.5 Å². The molecule has 29 heavy (non-hydrogen) atoms. The standard InChI is InChI=1S/C25H44O3Si/c1-5-9-10-11-12-13-14-15-16-19-23-29(26-7-3,27-8-4)28-25-22-18-17-21-24(25)20-6-2/h6,17-18,21-22H,2,5,7-16,19-20,23H2,1,3-4H3. The first-order valence-electron chi connectivity index (χ1n) is 11.9. The summed E-state index contributed by atoms with van der Waals surface area (Å²) < 4.78 is 18.8. The Morgan fingerprint density at radius 1 is 0.793 bits per heavy atom. The van der Waals surface area contributed by atoms with Gasteiger partial charge in [0.2, 0.25) is 0 Å². The molecule has 3 nitrogen and oxygen atoms in total. The normalized spacial score (nSPS) is 11.6. The molecule has 0 saturated carbocycles. The highest BCUT2D eigenvalue weighted by Crippen LogP contribution is 2.27. The van der Waals surface area contributed by atoms with E-state index in [1.54, 1.807) is 0 Å². The van der Waals surface area contributed by atoms with Gasteiger partial charge in [0.25, 0.3) is 0 Å². The lowest BCUT2D eigenvalue weighted by Crippen LogP contribution is -2.49. The summed E-state index contributed by atoms with van der Waals surface area (Å²) in [5, 5.41) is 0. The predicted molar refractivity (Wildman–Crippen MR) is 127 cm³/mol. The van der Waals surface area contributed by atoms with E-state index in [0.717, 1.165) is 30.2 Å². The molecule has 0 amide bonds. The van der Waals surface area contributed by atoms with Crippen LogP contribution in [0.25, 0.3) is 0 Å². The average Bonchev–Trinajstić information content (AvgIpc) is 2.71. The van der Waals surface area contributed by atoms with Crippen molar-refractivity contribution in [3.63, 3.8) is 0 Å². The molecule has 0 atom stereocenters. The summed E-state index contributed by atoms with van der Waals surface area (Å²) in [7, 11) is -2.72. The van der Waals surface area contributed by atoms with Crippen LogP contribution in [0, 0.1) is 0 Å². The minimum absolute atomic E-state index is 0.619. The van der Waals surface area contributed by atoms with Crippen LogP contribution >= 0.6 is 0 Å². The van der Waals surface area contributed by atoms with Crippen molar-refractivity contribution in [1.29, 1.82) is 0 Å². The maximum Gasteiger partial charge on any atom is 0.566 e. The Labute approximate surface area is 181 Å². The summed E-state index contributed by atoms with van der Waals surface area (Å²) >= 11 is 0. The molecular formula is C25H44O3Si. The molecule has 1 aromatic carbocycles. The highest BCUT2D eigenvalue weighted by molar-refractivity contribution is 6.61. The monoisotopic (exact) mass is 420 g/mol. The van der Waals surface area contributed by atoms with Gasteiger partial charge < -0.3 is 13.3 Å². The lowest BCUT2D eigenvalue weighted by Gasteiger charge is -2.30. The second kappa shape index (κ2) is 16.7. The molecule has 0 heterocycles. The molecule has 1 aromatic rings. The fraction of sp³-hybridized carbons (Fsp3) is 0.680. The van der Waals surface area contributed by atoms with E-state index in [-0.39, 0.29) is 0 Å². The Morgan fingerprint density at radius 3 is 1.90 bits per heavy atom. The molecule has 0 saturated heterocycles. The molecule has 0 bridgehead atoms. The molecule has 0 aliphatic carbocycles. The number of rotatable bonds is 19. The van der Waals surface area contributed by atoms with Gasteiger partial charge in [0.1, 0.15) is 5.75 Å². The van der Waals surface area contributed by atoms with Gasteiger partial charge in [-0.3, -0.25) is 0 Å². The van der Waals surface area contributed by atoms with Crippen LogP contribution in [0.5, 0.6) is 5.75 Å². The molecule has 0 spiro atoms. The summed E-state index contributed by atoms with van der Waals surface area (Å²) in [4.78, 5) is 0. The largest absolute Gasteiger partial charge is 0.566 e. The summed E-state index contributed by atoms with van der Waals surface area (Å²) in [6, 6.07) is 9.05. The Kier molecular flexibility index (Phi) is 14.9. The molecule has 0 aromatic heterocycles. The Bertz CT molecular complexity index is 527. The minimum atomic E-state index is -2.72. The Balaban J connectivity index is 2.52. The maximum atomic E-state index is 6.50. The first-order chi connectivity index (χ1) is 14.2. The Morgan fingerprint density at radius 2 is 1.34 bits per heavy atom. The maximum absolute atomic E-state index is 6.50. The third-order valence-electron chi connectivity index (χ3n) is 5.17. The van der Waals surface area contributed by atoms with Crippen molar-refractivity contribution in [2.75, 3.05) is 13.2 Å². The van der Waals surface area contributed by atoms with Gasteiger partial charge in [-0.15, -0.1) is 6.58 Å². The van der Waals surface area contributed by atoms with E-state index in [4.69, 9.17) is 13.3 Å². The summed E-state index contributed by atoms with van der Waals surface area (Å²) in [6.45, 7) is 11.4. The van der Waals surface area contributed by atoms with Crippen LogP contribution in [0.2, 0.25) is 6.04 Å². The number of unbranched alkanes of at least 4 members (excludes halogenated alkanes) is 9. The zero-order valence-corrected chi connectivity index (χ0v) is 20.2. The predicted octanol–water partition coefficient (Wildman–Crippen LogP) is 7.73. The number of allylic oxidation sites excluding steroid dienone is 1. The highest BCUT2D eigenvalue weighted by atomic mass is 28.4. The van der Waals surface area contributed by atoms with E-state index >= 15 is 0 Å². The van der Waals surface area contributed by atoms with Crippen LogP contribution in [0.15, 0.2) is 36.9 Å². The summed E-state index contributed by atoms with van der Waals surface area (Å²) in [5.41, 5.74) is 1.14. The fourth-order valence-corrected chi connectivity index (χ4v) is 6.35. The smallest absolute Gasteiger partial charge is 0.500 e. The lowest BCUT2D eigenvalue weighted by molar-refractivity contribution is 0.115. The van der Waals surface area contributed by atoms with E-state index in [0.29, 0.717) is 13.2 Å². The van der Waals surface area contributed by atoms with Crippen LogP contribution in [-0.4, -0.2) is 22.0 Å². The lowest BCUT2D eigenvalue weighted by atomic mass is 10.1. The van der Waals surface area contributed by atoms with Gasteiger partial charge in [0.15, 0.2) is 0 Å². The van der Waals surface area contributed by atoms with Crippen LogP contribution in [-0.2, 0) is 15.3 Å². The van der Waals surface area contributed by atoms with Gasteiger partial charge in [0, 0.05) is 19.3 Å². The minimum Gasteiger partial charge on any atom is -0.500 e. The number of hydrogen-bond acceptors (Lipinski definition) is 3. The molecule has 0 N–H and O–H groups in total. The van der Waals surface area contributed by atoms with Gasteiger partial charge in [-0.2, -0.15) is 0 Å². The number of benzene rings is 1. The van der Waals surface area contributed by atoms with Crippen molar-refractivity contribution in [2.24, 2.45) is 0 Å². The van der Waals surface area contributed by atoms with Gasteiger partial charge in [-0.25, -0.2) is 0 Å². The highest BCUT2D eigenvalue weighted by Gasteiger charge is 2.42. The van der Waals surface area contributed by atoms with Crippen LogP contribution < -0.4 is 4.43 Å². The van der Waals surface area contributed by atoms with E-state index in [1.165, 1.54) is 57.8 Å². The number of hydrogen-bond donors (Lipinski definition) is 0.